The van der Waals surface area contributed by atoms with Gasteiger partial charge in [-0.1, -0.05) is 49.4 Å². The average molecular weight is 268 g/mol. The van der Waals surface area contributed by atoms with Crippen molar-refractivity contribution in [2.24, 2.45) is 0 Å². The van der Waals surface area contributed by atoms with Crippen LogP contribution in [0.1, 0.15) is 42.4 Å². The Morgan fingerprint density at radius 1 is 1.00 bits per heavy atom. The Hall–Kier alpha value is -1.64. The molecule has 2 N–H and O–H groups in total. The summed E-state index contributed by atoms with van der Waals surface area (Å²) in [6.07, 6.45) is 1.05. The van der Waals surface area contributed by atoms with E-state index >= 15 is 0 Å². The monoisotopic (exact) mass is 268 g/mol. The van der Waals surface area contributed by atoms with Crippen molar-refractivity contribution in [3.63, 3.8) is 0 Å². The van der Waals surface area contributed by atoms with Gasteiger partial charge in [0.15, 0.2) is 6.29 Å². The van der Waals surface area contributed by atoms with Gasteiger partial charge in [-0.15, -0.1) is 0 Å². The molecule has 0 heterocycles. The van der Waals surface area contributed by atoms with E-state index in [2.05, 4.69) is 49.4 Å². The summed E-state index contributed by atoms with van der Waals surface area (Å²) < 4.78 is 0. The molecule has 0 spiro atoms. The van der Waals surface area contributed by atoms with E-state index < -0.39 is 6.29 Å². The van der Waals surface area contributed by atoms with Gasteiger partial charge in [0.2, 0.25) is 0 Å². The van der Waals surface area contributed by atoms with Gasteiger partial charge in [-0.05, 0) is 46.6 Å². The Bertz CT molecular complexity index is 617. The summed E-state index contributed by atoms with van der Waals surface area (Å²) in [5, 5.41) is 18.6. The molecule has 1 aliphatic carbocycles. The van der Waals surface area contributed by atoms with Gasteiger partial charge in [-0.25, -0.2) is 0 Å². The number of benzene rings is 2. The zero-order chi connectivity index (χ0) is 14.1. The van der Waals surface area contributed by atoms with Crippen molar-refractivity contribution in [1.82, 2.24) is 0 Å². The van der Waals surface area contributed by atoms with Gasteiger partial charge >= 0.3 is 0 Å². The highest BCUT2D eigenvalue weighted by Gasteiger charge is 2.24. The van der Waals surface area contributed by atoms with E-state index in [1.165, 1.54) is 27.8 Å². The summed E-state index contributed by atoms with van der Waals surface area (Å²) in [7, 11) is 0. The minimum absolute atomic E-state index is 0.208. The smallest absolute Gasteiger partial charge is 0.152 e. The highest BCUT2D eigenvalue weighted by Crippen LogP contribution is 2.41. The van der Waals surface area contributed by atoms with Gasteiger partial charge in [0, 0.05) is 6.42 Å². The first-order valence-corrected chi connectivity index (χ1v) is 7.27. The molecule has 0 aromatic heterocycles. The zero-order valence-electron chi connectivity index (χ0n) is 11.7. The van der Waals surface area contributed by atoms with E-state index in [4.69, 9.17) is 0 Å². The van der Waals surface area contributed by atoms with E-state index in [1.807, 2.05) is 0 Å². The quantitative estimate of drug-likeness (QED) is 0.711. The summed E-state index contributed by atoms with van der Waals surface area (Å²) in [6.45, 7) is 2.11. The van der Waals surface area contributed by atoms with Crippen LogP contribution in [-0.4, -0.2) is 16.5 Å². The number of hydrogen-bond donors (Lipinski definition) is 2. The second kappa shape index (κ2) is 5.39. The Morgan fingerprint density at radius 2 is 1.75 bits per heavy atom. The summed E-state index contributed by atoms with van der Waals surface area (Å²) in [6, 6.07) is 14.9. The van der Waals surface area contributed by atoms with Crippen molar-refractivity contribution in [3.8, 4) is 11.1 Å². The molecule has 0 saturated carbocycles. The van der Waals surface area contributed by atoms with Crippen LogP contribution in [0.5, 0.6) is 0 Å². The van der Waals surface area contributed by atoms with Crippen LogP contribution in [0.15, 0.2) is 42.5 Å². The predicted molar refractivity (Wildman–Crippen MR) is 80.6 cm³/mol. The molecule has 3 rings (SSSR count). The normalized spacial score (nSPS) is 14.2. The van der Waals surface area contributed by atoms with Crippen molar-refractivity contribution >= 4 is 0 Å². The van der Waals surface area contributed by atoms with Gasteiger partial charge in [0.05, 0.1) is 0 Å². The lowest BCUT2D eigenvalue weighted by Gasteiger charge is -2.20. The third-order valence-corrected chi connectivity index (χ3v) is 4.31. The van der Waals surface area contributed by atoms with Gasteiger partial charge in [-0.2, -0.15) is 0 Å². The minimum Gasteiger partial charge on any atom is -0.368 e. The van der Waals surface area contributed by atoms with Crippen molar-refractivity contribution in [1.29, 1.82) is 0 Å². The number of fused-ring (bicyclic) bond motifs is 3. The molecule has 1 aliphatic rings. The number of rotatable bonds is 4. The van der Waals surface area contributed by atoms with Crippen LogP contribution < -0.4 is 0 Å². The van der Waals surface area contributed by atoms with Gasteiger partial charge in [-0.3, -0.25) is 0 Å². The second-order valence-electron chi connectivity index (χ2n) is 5.53. The van der Waals surface area contributed by atoms with Crippen LogP contribution in [0.3, 0.4) is 0 Å². The summed E-state index contributed by atoms with van der Waals surface area (Å²) in [5.41, 5.74) is 6.64. The van der Waals surface area contributed by atoms with E-state index in [0.717, 1.165) is 12.8 Å². The lowest BCUT2D eigenvalue weighted by Crippen LogP contribution is -2.12. The van der Waals surface area contributed by atoms with Crippen LogP contribution >= 0.6 is 0 Å². The molecule has 20 heavy (non-hydrogen) atoms. The van der Waals surface area contributed by atoms with Crippen LogP contribution in [-0.2, 0) is 6.42 Å². The van der Waals surface area contributed by atoms with Crippen LogP contribution in [0.25, 0.3) is 11.1 Å². The fourth-order valence-electron chi connectivity index (χ4n) is 3.33. The van der Waals surface area contributed by atoms with E-state index in [1.54, 1.807) is 0 Å². The van der Waals surface area contributed by atoms with E-state index in [0.29, 0.717) is 6.42 Å². The molecule has 0 aliphatic heterocycles. The highest BCUT2D eigenvalue weighted by atomic mass is 16.5. The fourth-order valence-corrected chi connectivity index (χ4v) is 3.33. The third kappa shape index (κ3) is 2.26. The largest absolute Gasteiger partial charge is 0.368 e. The van der Waals surface area contributed by atoms with Crippen LogP contribution in [0, 0.1) is 0 Å². The molecule has 0 saturated heterocycles. The summed E-state index contributed by atoms with van der Waals surface area (Å²) in [5.74, 6) is 0.208. The number of aliphatic hydroxyl groups excluding tert-OH is 1. The van der Waals surface area contributed by atoms with Gasteiger partial charge in [0.25, 0.3) is 0 Å². The van der Waals surface area contributed by atoms with Crippen molar-refractivity contribution in [3.05, 3.63) is 59.2 Å². The molecule has 2 aromatic rings. The molecule has 2 nitrogen and oxygen atoms in total. The summed E-state index contributed by atoms with van der Waals surface area (Å²) >= 11 is 0. The SMILES string of the molecule is CCC(CC(O)O)c1cccc2c1Cc1ccccc1-2. The second-order valence-corrected chi connectivity index (χ2v) is 5.53. The van der Waals surface area contributed by atoms with E-state index in [-0.39, 0.29) is 5.92 Å². The molecule has 2 aromatic carbocycles. The molecule has 2 heteroatoms. The van der Waals surface area contributed by atoms with Gasteiger partial charge < -0.3 is 10.2 Å². The van der Waals surface area contributed by atoms with Crippen molar-refractivity contribution in [2.45, 2.75) is 38.4 Å². The maximum Gasteiger partial charge on any atom is 0.152 e. The minimum atomic E-state index is -1.24. The first-order valence-electron chi connectivity index (χ1n) is 7.27. The van der Waals surface area contributed by atoms with E-state index in [9.17, 15) is 10.2 Å². The van der Waals surface area contributed by atoms with Crippen LogP contribution in [0.4, 0.5) is 0 Å². The first kappa shape index (κ1) is 13.3. The van der Waals surface area contributed by atoms with Crippen molar-refractivity contribution < 1.29 is 10.2 Å². The molecular weight excluding hydrogens is 248 g/mol. The maximum absolute atomic E-state index is 9.29. The molecule has 0 bridgehead atoms. The van der Waals surface area contributed by atoms with Gasteiger partial charge in [0.1, 0.15) is 0 Å². The lowest BCUT2D eigenvalue weighted by atomic mass is 9.87. The molecule has 1 unspecified atom stereocenters. The Morgan fingerprint density at radius 3 is 2.50 bits per heavy atom. The Labute approximate surface area is 119 Å². The molecule has 1 atom stereocenters. The first-order chi connectivity index (χ1) is 9.70. The number of aliphatic hydroxyl groups is 2. The lowest BCUT2D eigenvalue weighted by molar-refractivity contribution is -0.0500. The highest BCUT2D eigenvalue weighted by molar-refractivity contribution is 5.78. The molecule has 0 radical (unpaired) electrons. The fraction of sp³-hybridized carbons (Fsp3) is 0.333. The Balaban J connectivity index is 2.04. The molecular formula is C18H20O2. The maximum atomic E-state index is 9.29. The average Bonchev–Trinajstić information content (AvgIpc) is 2.83. The molecule has 0 amide bonds. The molecule has 0 fully saturated rings. The predicted octanol–water partition coefficient (Wildman–Crippen LogP) is 3.45. The standard InChI is InChI=1S/C18H20O2/c1-2-12(11-18(19)20)14-8-5-9-16-15-7-4-3-6-13(15)10-17(14)16/h3-9,12,18-20H,2,10-11H2,1H3. The Kier molecular flexibility index (Phi) is 3.60. The molecule has 104 valence electrons. The van der Waals surface area contributed by atoms with Crippen LogP contribution in [0.2, 0.25) is 0 Å². The summed E-state index contributed by atoms with van der Waals surface area (Å²) in [4.78, 5) is 0. The topological polar surface area (TPSA) is 40.5 Å². The zero-order valence-corrected chi connectivity index (χ0v) is 11.7. The third-order valence-electron chi connectivity index (χ3n) is 4.31. The van der Waals surface area contributed by atoms with Crippen molar-refractivity contribution in [2.75, 3.05) is 0 Å². The number of hydrogen-bond acceptors (Lipinski definition) is 2.